The molecule has 46 heavy (non-hydrogen) atoms. The summed E-state index contributed by atoms with van der Waals surface area (Å²) in [5, 5.41) is 0.847. The normalized spacial score (nSPS) is 13.8. The number of carbonyl (C=O) groups is 2. The van der Waals surface area contributed by atoms with Gasteiger partial charge in [-0.05, 0) is 82.5 Å². The van der Waals surface area contributed by atoms with E-state index < -0.39 is 27.5 Å². The lowest BCUT2D eigenvalue weighted by molar-refractivity contribution is -0.137. The Kier molecular flexibility index (Phi) is 9.47. The van der Waals surface area contributed by atoms with E-state index in [9.17, 15) is 18.0 Å². The quantitative estimate of drug-likeness (QED) is 0.169. The lowest BCUT2D eigenvalue weighted by Crippen LogP contribution is -2.40. The van der Waals surface area contributed by atoms with Crippen molar-refractivity contribution in [3.05, 3.63) is 84.0 Å². The Morgan fingerprint density at radius 3 is 2.61 bits per heavy atom. The molecule has 12 heteroatoms. The van der Waals surface area contributed by atoms with Gasteiger partial charge in [0.05, 0.1) is 29.3 Å². The van der Waals surface area contributed by atoms with E-state index in [0.717, 1.165) is 41.3 Å². The summed E-state index contributed by atoms with van der Waals surface area (Å²) in [6, 6.07) is 12.9. The molecule has 0 radical (unpaired) electrons. The molecular formula is C34H38N4O7S. The van der Waals surface area contributed by atoms with E-state index in [0.29, 0.717) is 42.4 Å². The average Bonchev–Trinajstić information content (AvgIpc) is 3.41. The fourth-order valence-corrected chi connectivity index (χ4v) is 5.75. The van der Waals surface area contributed by atoms with E-state index in [1.54, 1.807) is 22.6 Å². The molecule has 0 spiro atoms. The molecule has 11 nitrogen and oxygen atoms in total. The van der Waals surface area contributed by atoms with Gasteiger partial charge in [0.25, 0.3) is 0 Å². The van der Waals surface area contributed by atoms with Crippen LogP contribution in [-0.2, 0) is 36.9 Å². The summed E-state index contributed by atoms with van der Waals surface area (Å²) in [4.78, 5) is 35.9. The number of aryl methyl sites for hydroxylation is 1. The number of hydrogen-bond donors (Lipinski definition) is 0. The van der Waals surface area contributed by atoms with E-state index in [1.165, 1.54) is 24.5 Å². The Bertz CT molecular complexity index is 1910. The third-order valence-corrected chi connectivity index (χ3v) is 8.32. The van der Waals surface area contributed by atoms with Crippen LogP contribution in [-0.4, -0.2) is 66.6 Å². The smallest absolute Gasteiger partial charge is 0.416 e. The van der Waals surface area contributed by atoms with Crippen molar-refractivity contribution in [2.24, 2.45) is 0 Å². The van der Waals surface area contributed by atoms with E-state index >= 15 is 0 Å². The van der Waals surface area contributed by atoms with Crippen molar-refractivity contribution in [2.75, 3.05) is 30.9 Å². The van der Waals surface area contributed by atoms with Crippen LogP contribution in [0.1, 0.15) is 50.9 Å². The molecule has 1 amide bonds. The average molecular weight is 647 g/mol. The number of carbonyl (C=O) groups excluding carboxylic acids is 2. The number of hydrogen-bond acceptors (Lipinski definition) is 9. The first-order chi connectivity index (χ1) is 21.8. The molecule has 0 saturated carbocycles. The van der Waals surface area contributed by atoms with Crippen molar-refractivity contribution in [3.63, 3.8) is 0 Å². The predicted molar refractivity (Wildman–Crippen MR) is 175 cm³/mol. The van der Waals surface area contributed by atoms with Crippen LogP contribution in [0.15, 0.2) is 72.0 Å². The number of fused-ring (bicyclic) bond motifs is 2. The molecule has 0 fully saturated rings. The van der Waals surface area contributed by atoms with Crippen LogP contribution >= 0.6 is 0 Å². The van der Waals surface area contributed by atoms with Crippen LogP contribution in [0, 0.1) is 0 Å². The maximum atomic E-state index is 12.8. The molecule has 1 aliphatic heterocycles. The van der Waals surface area contributed by atoms with Gasteiger partial charge in [-0.25, -0.2) is 23.0 Å². The topological polar surface area (TPSA) is 130 Å². The van der Waals surface area contributed by atoms with Crippen LogP contribution in [0.2, 0.25) is 0 Å². The van der Waals surface area contributed by atoms with Gasteiger partial charge in [-0.1, -0.05) is 6.07 Å². The summed E-state index contributed by atoms with van der Waals surface area (Å²) in [5.74, 6) is 0.731. The third-order valence-electron chi connectivity index (χ3n) is 7.24. The van der Waals surface area contributed by atoms with E-state index in [1.807, 2.05) is 57.2 Å². The minimum atomic E-state index is -3.52. The summed E-state index contributed by atoms with van der Waals surface area (Å²) in [7, 11) is -3.52. The van der Waals surface area contributed by atoms with Gasteiger partial charge in [0.2, 0.25) is 0 Å². The second-order valence-corrected chi connectivity index (χ2v) is 14.0. The summed E-state index contributed by atoms with van der Waals surface area (Å²) >= 11 is 0. The largest absolute Gasteiger partial charge is 0.493 e. The highest BCUT2D eigenvalue weighted by Crippen LogP contribution is 2.30. The Morgan fingerprint density at radius 1 is 1.07 bits per heavy atom. The number of anilines is 1. The zero-order valence-corrected chi connectivity index (χ0v) is 27.5. The molecule has 5 rings (SSSR count). The molecule has 242 valence electrons. The van der Waals surface area contributed by atoms with Crippen LogP contribution in [0.4, 0.5) is 10.6 Å². The van der Waals surface area contributed by atoms with Crippen molar-refractivity contribution in [3.8, 4) is 5.75 Å². The summed E-state index contributed by atoms with van der Waals surface area (Å²) in [6.45, 7) is 8.37. The summed E-state index contributed by atoms with van der Waals surface area (Å²) in [6.07, 6.45) is 8.85. The molecule has 0 saturated heterocycles. The Labute approximate surface area is 268 Å². The monoisotopic (exact) mass is 646 g/mol. The zero-order chi connectivity index (χ0) is 33.1. The minimum absolute atomic E-state index is 0.0397. The van der Waals surface area contributed by atoms with Gasteiger partial charge in [0.15, 0.2) is 9.84 Å². The molecule has 3 aromatic heterocycles. The van der Waals surface area contributed by atoms with Crippen LogP contribution in [0.5, 0.6) is 5.75 Å². The number of benzene rings is 1. The highest BCUT2D eigenvalue weighted by molar-refractivity contribution is 7.90. The predicted octanol–water partition coefficient (Wildman–Crippen LogP) is 5.60. The van der Waals surface area contributed by atoms with E-state index in [-0.39, 0.29) is 11.5 Å². The zero-order valence-electron chi connectivity index (χ0n) is 26.6. The summed E-state index contributed by atoms with van der Waals surface area (Å²) < 4.78 is 43.0. The fraction of sp³-hybridized carbons (Fsp3) is 0.353. The number of rotatable bonds is 9. The number of nitrogens with zero attached hydrogens (tertiary/aromatic N) is 4. The minimum Gasteiger partial charge on any atom is -0.493 e. The molecule has 1 aromatic carbocycles. The molecular weight excluding hydrogens is 608 g/mol. The van der Waals surface area contributed by atoms with E-state index in [4.69, 9.17) is 19.2 Å². The van der Waals surface area contributed by atoms with Gasteiger partial charge in [0.1, 0.15) is 17.2 Å². The van der Waals surface area contributed by atoms with Crippen molar-refractivity contribution in [2.45, 2.75) is 57.5 Å². The Hall–Kier alpha value is -4.71. The fourth-order valence-electron chi connectivity index (χ4n) is 5.16. The van der Waals surface area contributed by atoms with Crippen molar-refractivity contribution >= 4 is 44.3 Å². The number of aromatic nitrogens is 3. The molecule has 0 unspecified atom stereocenters. The van der Waals surface area contributed by atoms with Crippen molar-refractivity contribution in [1.29, 1.82) is 0 Å². The SMILES string of the molecule is CCOC(=O)/C=C(\c1cncc(S(C)(=O)=O)c1)n1ccc2cc(OCCc3ccc4c(n3)N(C(=O)OC(C)(C)C)CCC4)ccc21. The van der Waals surface area contributed by atoms with Crippen LogP contribution < -0.4 is 9.64 Å². The molecule has 1 aliphatic rings. The van der Waals surface area contributed by atoms with Gasteiger partial charge < -0.3 is 18.8 Å². The lowest BCUT2D eigenvalue weighted by atomic mass is 10.1. The number of amides is 1. The van der Waals surface area contributed by atoms with Crippen LogP contribution in [0.3, 0.4) is 0 Å². The molecule has 0 bridgehead atoms. The standard InChI is InChI=1S/C34H38N4O7S/c1-6-43-31(39)20-30(25-19-28(22-35-21-25)46(5,41)42)37-16-13-24-18-27(11-12-29(24)37)44-17-14-26-10-9-23-8-7-15-38(32(23)36-26)33(40)45-34(2,3)4/h9-13,16,18-22H,6-8,14-15,17H2,1-5H3/b30-20+. The summed E-state index contributed by atoms with van der Waals surface area (Å²) in [5.41, 5.74) is 2.86. The lowest BCUT2D eigenvalue weighted by Gasteiger charge is -2.31. The maximum absolute atomic E-state index is 12.8. The second-order valence-electron chi connectivity index (χ2n) is 12.0. The van der Waals surface area contributed by atoms with Gasteiger partial charge in [-0.3, -0.25) is 9.88 Å². The molecule has 0 aliphatic carbocycles. The molecule has 0 N–H and O–H groups in total. The van der Waals surface area contributed by atoms with Gasteiger partial charge in [-0.15, -0.1) is 0 Å². The first kappa shape index (κ1) is 32.7. The molecule has 4 heterocycles. The number of pyridine rings is 2. The van der Waals surface area contributed by atoms with Gasteiger partial charge >= 0.3 is 12.1 Å². The third kappa shape index (κ3) is 7.74. The first-order valence-corrected chi connectivity index (χ1v) is 17.0. The maximum Gasteiger partial charge on any atom is 0.416 e. The Morgan fingerprint density at radius 2 is 1.87 bits per heavy atom. The Balaban J connectivity index is 1.34. The molecule has 0 atom stereocenters. The second kappa shape index (κ2) is 13.3. The van der Waals surface area contributed by atoms with Gasteiger partial charge in [-0.2, -0.15) is 0 Å². The molecule has 4 aromatic rings. The van der Waals surface area contributed by atoms with Gasteiger partial charge in [0, 0.05) is 60.5 Å². The number of ether oxygens (including phenoxy) is 3. The number of esters is 1. The first-order valence-electron chi connectivity index (χ1n) is 15.1. The number of sulfone groups is 1. The highest BCUT2D eigenvalue weighted by Gasteiger charge is 2.28. The van der Waals surface area contributed by atoms with Crippen molar-refractivity contribution < 1.29 is 32.2 Å². The van der Waals surface area contributed by atoms with Crippen molar-refractivity contribution in [1.82, 2.24) is 14.5 Å². The van der Waals surface area contributed by atoms with Crippen LogP contribution in [0.25, 0.3) is 16.6 Å². The van der Waals surface area contributed by atoms with E-state index in [2.05, 4.69) is 4.98 Å². The highest BCUT2D eigenvalue weighted by atomic mass is 32.2.